The highest BCUT2D eigenvalue weighted by molar-refractivity contribution is 7.89. The van der Waals surface area contributed by atoms with E-state index in [1.807, 2.05) is 35.8 Å². The number of aromatic nitrogens is 2. The molecule has 1 saturated heterocycles. The molecule has 2 N–H and O–H groups in total. The van der Waals surface area contributed by atoms with Crippen molar-refractivity contribution >= 4 is 54.9 Å². The van der Waals surface area contributed by atoms with Gasteiger partial charge in [-0.3, -0.25) is 10.1 Å². The lowest BCUT2D eigenvalue weighted by Gasteiger charge is -2.16. The van der Waals surface area contributed by atoms with Crippen LogP contribution < -0.4 is 5.32 Å². The topological polar surface area (TPSA) is 95.2 Å². The Balaban J connectivity index is 1.40. The average Bonchev–Trinajstić information content (AvgIpc) is 3.54. The Morgan fingerprint density at radius 3 is 2.75 bits per heavy atom. The molecule has 4 aromatic rings. The first-order valence-corrected chi connectivity index (χ1v) is 12.8. The summed E-state index contributed by atoms with van der Waals surface area (Å²) in [6.07, 6.45) is 3.56. The van der Waals surface area contributed by atoms with Crippen molar-refractivity contribution in [3.63, 3.8) is 0 Å². The number of carbonyl (C=O) groups excluding carboxylic acids is 1. The third-order valence-corrected chi connectivity index (χ3v) is 8.46. The van der Waals surface area contributed by atoms with E-state index in [-0.39, 0.29) is 15.5 Å². The van der Waals surface area contributed by atoms with E-state index < -0.39 is 15.9 Å². The summed E-state index contributed by atoms with van der Waals surface area (Å²) in [5.74, 6) is -0.506. The Morgan fingerprint density at radius 2 is 1.94 bits per heavy atom. The van der Waals surface area contributed by atoms with E-state index in [0.29, 0.717) is 18.2 Å². The number of H-pyrrole nitrogens is 1. The number of rotatable bonds is 5. The number of hydrogen-bond acceptors (Lipinski definition) is 5. The van der Waals surface area contributed by atoms with Gasteiger partial charge in [0, 0.05) is 41.1 Å². The molecule has 7 nitrogen and oxygen atoms in total. The summed E-state index contributed by atoms with van der Waals surface area (Å²) < 4.78 is 27.2. The van der Waals surface area contributed by atoms with Crippen LogP contribution in [-0.2, 0) is 10.0 Å². The van der Waals surface area contributed by atoms with Gasteiger partial charge in [-0.1, -0.05) is 29.8 Å². The van der Waals surface area contributed by atoms with E-state index in [4.69, 9.17) is 11.6 Å². The zero-order valence-electron chi connectivity index (χ0n) is 16.8. The highest BCUT2D eigenvalue weighted by Gasteiger charge is 2.28. The summed E-state index contributed by atoms with van der Waals surface area (Å²) in [5.41, 5.74) is 2.77. The van der Waals surface area contributed by atoms with Gasteiger partial charge in [0.2, 0.25) is 10.0 Å². The number of carbonyl (C=O) groups is 1. The minimum atomic E-state index is -3.65. The number of thiazole rings is 1. The predicted molar refractivity (Wildman–Crippen MR) is 127 cm³/mol. The highest BCUT2D eigenvalue weighted by Crippen LogP contribution is 2.32. The fourth-order valence-corrected chi connectivity index (χ4v) is 6.27. The van der Waals surface area contributed by atoms with Crippen LogP contribution in [0.3, 0.4) is 0 Å². The second kappa shape index (κ2) is 8.32. The van der Waals surface area contributed by atoms with E-state index in [2.05, 4.69) is 15.3 Å². The minimum Gasteiger partial charge on any atom is -0.360 e. The first-order chi connectivity index (χ1) is 15.4. The largest absolute Gasteiger partial charge is 0.360 e. The van der Waals surface area contributed by atoms with Crippen LogP contribution in [0.2, 0.25) is 5.02 Å². The van der Waals surface area contributed by atoms with Crippen molar-refractivity contribution in [3.05, 3.63) is 64.6 Å². The number of anilines is 1. The van der Waals surface area contributed by atoms with Crippen molar-refractivity contribution < 1.29 is 13.2 Å². The quantitative estimate of drug-likeness (QED) is 0.415. The first-order valence-electron chi connectivity index (χ1n) is 10.1. The van der Waals surface area contributed by atoms with Crippen molar-refractivity contribution in [1.82, 2.24) is 14.3 Å². The number of sulfonamides is 1. The molecule has 0 radical (unpaired) electrons. The third kappa shape index (κ3) is 3.81. The summed E-state index contributed by atoms with van der Waals surface area (Å²) in [6, 6.07) is 12.1. The Morgan fingerprint density at radius 1 is 1.16 bits per heavy atom. The lowest BCUT2D eigenvalue weighted by Crippen LogP contribution is -2.28. The molecule has 10 heteroatoms. The third-order valence-electron chi connectivity index (χ3n) is 5.48. The van der Waals surface area contributed by atoms with E-state index >= 15 is 0 Å². The molecular formula is C22H19ClN4O3S2. The average molecular weight is 487 g/mol. The molecule has 0 spiro atoms. The molecule has 1 aliphatic rings. The maximum absolute atomic E-state index is 12.9. The van der Waals surface area contributed by atoms with Gasteiger partial charge in [0.05, 0.1) is 21.2 Å². The molecular weight excluding hydrogens is 468 g/mol. The molecule has 0 saturated carbocycles. The van der Waals surface area contributed by atoms with Gasteiger partial charge in [-0.15, -0.1) is 11.3 Å². The molecule has 2 aromatic carbocycles. The molecule has 1 fully saturated rings. The van der Waals surface area contributed by atoms with Crippen LogP contribution in [-0.4, -0.2) is 41.7 Å². The molecule has 0 unspecified atom stereocenters. The molecule has 164 valence electrons. The van der Waals surface area contributed by atoms with Gasteiger partial charge in [0.1, 0.15) is 0 Å². The normalized spacial score (nSPS) is 14.8. The molecule has 0 aliphatic carbocycles. The number of halogens is 1. The van der Waals surface area contributed by atoms with Crippen LogP contribution >= 0.6 is 22.9 Å². The molecule has 1 aliphatic heterocycles. The van der Waals surface area contributed by atoms with Crippen molar-refractivity contribution in [2.75, 3.05) is 18.4 Å². The van der Waals surface area contributed by atoms with E-state index in [0.717, 1.165) is 35.0 Å². The fraction of sp³-hybridized carbons (Fsp3) is 0.182. The highest BCUT2D eigenvalue weighted by atomic mass is 35.5. The summed E-state index contributed by atoms with van der Waals surface area (Å²) in [5, 5.41) is 6.22. The summed E-state index contributed by atoms with van der Waals surface area (Å²) in [4.78, 5) is 20.7. The summed E-state index contributed by atoms with van der Waals surface area (Å²) in [7, 11) is -3.65. The number of fused-ring (bicyclic) bond motifs is 1. The number of aromatic amines is 1. The summed E-state index contributed by atoms with van der Waals surface area (Å²) in [6.45, 7) is 0.977. The second-order valence-corrected chi connectivity index (χ2v) is 10.7. The zero-order chi connectivity index (χ0) is 22.3. The number of amides is 1. The van der Waals surface area contributed by atoms with Gasteiger partial charge in [0.15, 0.2) is 5.13 Å². The van der Waals surface area contributed by atoms with E-state index in [1.54, 1.807) is 0 Å². The van der Waals surface area contributed by atoms with Gasteiger partial charge in [0.25, 0.3) is 5.91 Å². The van der Waals surface area contributed by atoms with Crippen molar-refractivity contribution in [2.24, 2.45) is 0 Å². The Hall–Kier alpha value is -2.72. The number of nitrogens with one attached hydrogen (secondary N) is 2. The monoisotopic (exact) mass is 486 g/mol. The van der Waals surface area contributed by atoms with Crippen molar-refractivity contribution in [2.45, 2.75) is 17.7 Å². The number of benzene rings is 2. The predicted octanol–water partition coefficient (Wildman–Crippen LogP) is 4.98. The van der Waals surface area contributed by atoms with Gasteiger partial charge in [-0.25, -0.2) is 13.4 Å². The smallest absolute Gasteiger partial charge is 0.259 e. The van der Waals surface area contributed by atoms with Gasteiger partial charge < -0.3 is 4.98 Å². The van der Waals surface area contributed by atoms with Crippen LogP contribution in [0.4, 0.5) is 5.13 Å². The maximum Gasteiger partial charge on any atom is 0.259 e. The molecule has 2 aromatic heterocycles. The number of hydrogen-bond donors (Lipinski definition) is 2. The standard InChI is InChI=1S/C22H19ClN4O3S2/c23-18-8-7-14(32(29,30)27-9-3-4-10-27)11-16(18)21(28)26-22-25-20(13-31-22)17-12-24-19-6-2-1-5-15(17)19/h1-2,5-8,11-13,24H,3-4,9-10H2,(H,25,26,28). The van der Waals surface area contributed by atoms with Crippen LogP contribution in [0.1, 0.15) is 23.2 Å². The number of nitrogens with zero attached hydrogens (tertiary/aromatic N) is 2. The van der Waals surface area contributed by atoms with Gasteiger partial charge in [-0.05, 0) is 37.1 Å². The SMILES string of the molecule is O=C(Nc1nc(-c2c[nH]c3ccccc23)cs1)c1cc(S(=O)(=O)N2CCCC2)ccc1Cl. The molecule has 0 atom stereocenters. The Bertz CT molecular complexity index is 1420. The molecule has 0 bridgehead atoms. The maximum atomic E-state index is 12.9. The van der Waals surface area contributed by atoms with Crippen LogP contribution in [0.15, 0.2) is 58.9 Å². The van der Waals surface area contributed by atoms with Crippen LogP contribution in [0.5, 0.6) is 0 Å². The second-order valence-electron chi connectivity index (χ2n) is 7.49. The Kier molecular flexibility index (Phi) is 5.50. The van der Waals surface area contributed by atoms with E-state index in [9.17, 15) is 13.2 Å². The lowest BCUT2D eigenvalue weighted by atomic mass is 10.1. The van der Waals surface area contributed by atoms with Crippen molar-refractivity contribution in [3.8, 4) is 11.3 Å². The zero-order valence-corrected chi connectivity index (χ0v) is 19.2. The van der Waals surface area contributed by atoms with Gasteiger partial charge >= 0.3 is 0 Å². The molecule has 1 amide bonds. The number of para-hydroxylation sites is 1. The molecule has 5 rings (SSSR count). The minimum absolute atomic E-state index is 0.0626. The molecule has 32 heavy (non-hydrogen) atoms. The van der Waals surface area contributed by atoms with Crippen LogP contribution in [0.25, 0.3) is 22.2 Å². The fourth-order valence-electron chi connectivity index (χ4n) is 3.82. The Labute approximate surface area is 194 Å². The lowest BCUT2D eigenvalue weighted by molar-refractivity contribution is 0.102. The molecule has 3 heterocycles. The van der Waals surface area contributed by atoms with E-state index in [1.165, 1.54) is 33.8 Å². The van der Waals surface area contributed by atoms with Gasteiger partial charge in [-0.2, -0.15) is 4.31 Å². The van der Waals surface area contributed by atoms with Crippen LogP contribution in [0, 0.1) is 0 Å². The summed E-state index contributed by atoms with van der Waals surface area (Å²) >= 11 is 7.52. The first kappa shape index (κ1) is 21.1. The van der Waals surface area contributed by atoms with Crippen molar-refractivity contribution in [1.29, 1.82) is 0 Å².